The van der Waals surface area contributed by atoms with E-state index in [9.17, 15) is 0 Å². The van der Waals surface area contributed by atoms with Gasteiger partial charge in [0.25, 0.3) is 0 Å². The predicted octanol–water partition coefficient (Wildman–Crippen LogP) is 3.35. The Bertz CT molecular complexity index is 1110. The fourth-order valence-electron chi connectivity index (χ4n) is 3.59. The first-order valence-electron chi connectivity index (χ1n) is 9.04. The number of likely N-dealkylation sites (N-methyl/N-ethyl adjacent to an activating group) is 1. The zero-order valence-electron chi connectivity index (χ0n) is 15.0. The molecule has 6 nitrogen and oxygen atoms in total. The summed E-state index contributed by atoms with van der Waals surface area (Å²) in [6, 6.07) is 15.8. The third kappa shape index (κ3) is 2.81. The SMILES string of the molecule is CN1CCN(c2nc3ccccc3n3c(-c4ccc(Cl)cc4)nnc23)CC1. The highest BCUT2D eigenvalue weighted by Crippen LogP contribution is 2.29. The number of fused-ring (bicyclic) bond motifs is 3. The van der Waals surface area contributed by atoms with Crippen LogP contribution in [0.3, 0.4) is 0 Å². The van der Waals surface area contributed by atoms with Crippen molar-refractivity contribution in [2.24, 2.45) is 0 Å². The minimum absolute atomic E-state index is 0.706. The highest BCUT2D eigenvalue weighted by Gasteiger charge is 2.22. The van der Waals surface area contributed by atoms with Gasteiger partial charge in [-0.2, -0.15) is 0 Å². The Kier molecular flexibility index (Phi) is 3.95. The summed E-state index contributed by atoms with van der Waals surface area (Å²) in [6.07, 6.45) is 0. The second kappa shape index (κ2) is 6.48. The number of anilines is 1. The third-order valence-electron chi connectivity index (χ3n) is 5.12. The highest BCUT2D eigenvalue weighted by atomic mass is 35.5. The van der Waals surface area contributed by atoms with Crippen LogP contribution in [0.15, 0.2) is 48.5 Å². The molecule has 1 aliphatic rings. The number of para-hydroxylation sites is 2. The zero-order valence-corrected chi connectivity index (χ0v) is 15.8. The first-order valence-corrected chi connectivity index (χ1v) is 9.42. The molecule has 0 N–H and O–H groups in total. The van der Waals surface area contributed by atoms with Gasteiger partial charge in [0, 0.05) is 36.8 Å². The third-order valence-corrected chi connectivity index (χ3v) is 5.37. The average molecular weight is 379 g/mol. The summed E-state index contributed by atoms with van der Waals surface area (Å²) in [4.78, 5) is 9.57. The molecule has 136 valence electrons. The smallest absolute Gasteiger partial charge is 0.204 e. The summed E-state index contributed by atoms with van der Waals surface area (Å²) in [7, 11) is 2.15. The van der Waals surface area contributed by atoms with Gasteiger partial charge < -0.3 is 9.80 Å². The second-order valence-corrected chi connectivity index (χ2v) is 7.34. The van der Waals surface area contributed by atoms with Crippen molar-refractivity contribution in [2.45, 2.75) is 0 Å². The van der Waals surface area contributed by atoms with Crippen molar-refractivity contribution in [1.29, 1.82) is 0 Å². The molecule has 2 aromatic heterocycles. The Balaban J connectivity index is 1.76. The molecule has 1 saturated heterocycles. The molecule has 0 bridgehead atoms. The van der Waals surface area contributed by atoms with Gasteiger partial charge in [-0.25, -0.2) is 4.98 Å². The molecular formula is C20H19ClN6. The van der Waals surface area contributed by atoms with E-state index in [0.717, 1.165) is 60.1 Å². The molecule has 1 fully saturated rings. The van der Waals surface area contributed by atoms with Crippen molar-refractivity contribution < 1.29 is 0 Å². The van der Waals surface area contributed by atoms with E-state index < -0.39 is 0 Å². The minimum atomic E-state index is 0.706. The van der Waals surface area contributed by atoms with Crippen LogP contribution in [0.1, 0.15) is 0 Å². The van der Waals surface area contributed by atoms with E-state index in [1.807, 2.05) is 42.5 Å². The Labute approximate surface area is 162 Å². The first-order chi connectivity index (χ1) is 13.2. The van der Waals surface area contributed by atoms with E-state index in [4.69, 9.17) is 16.6 Å². The van der Waals surface area contributed by atoms with Crippen LogP contribution in [-0.4, -0.2) is 57.7 Å². The number of hydrogen-bond acceptors (Lipinski definition) is 5. The molecule has 27 heavy (non-hydrogen) atoms. The van der Waals surface area contributed by atoms with E-state index in [1.54, 1.807) is 0 Å². The number of piperazine rings is 1. The standard InChI is InChI=1S/C20H19ClN6/c1-25-10-12-26(13-11-25)19-20-24-23-18(14-6-8-15(21)9-7-14)27(20)17-5-3-2-4-16(17)22-19/h2-9H,10-13H2,1H3. The molecule has 0 unspecified atom stereocenters. The molecule has 1 aliphatic heterocycles. The van der Waals surface area contributed by atoms with E-state index in [1.165, 1.54) is 0 Å². The molecule has 2 aromatic carbocycles. The summed E-state index contributed by atoms with van der Waals surface area (Å²) in [5.41, 5.74) is 3.71. The van der Waals surface area contributed by atoms with Crippen LogP contribution in [0.5, 0.6) is 0 Å². The van der Waals surface area contributed by atoms with Crippen molar-refractivity contribution in [1.82, 2.24) is 24.5 Å². The lowest BCUT2D eigenvalue weighted by Gasteiger charge is -2.33. The lowest BCUT2D eigenvalue weighted by molar-refractivity contribution is 0.312. The van der Waals surface area contributed by atoms with Gasteiger partial charge in [-0.1, -0.05) is 23.7 Å². The topological polar surface area (TPSA) is 49.6 Å². The van der Waals surface area contributed by atoms with Gasteiger partial charge >= 0.3 is 0 Å². The Morgan fingerprint density at radius 1 is 0.889 bits per heavy atom. The summed E-state index contributed by atoms with van der Waals surface area (Å²) in [5.74, 6) is 1.70. The van der Waals surface area contributed by atoms with Crippen molar-refractivity contribution in [2.75, 3.05) is 38.1 Å². The van der Waals surface area contributed by atoms with Gasteiger partial charge in [0.15, 0.2) is 11.6 Å². The van der Waals surface area contributed by atoms with Crippen molar-refractivity contribution in [3.8, 4) is 11.4 Å². The van der Waals surface area contributed by atoms with Gasteiger partial charge in [0.2, 0.25) is 5.65 Å². The maximum atomic E-state index is 6.06. The van der Waals surface area contributed by atoms with Crippen molar-refractivity contribution in [3.63, 3.8) is 0 Å². The fraction of sp³-hybridized carbons (Fsp3) is 0.250. The number of halogens is 1. The van der Waals surface area contributed by atoms with Crippen LogP contribution >= 0.6 is 11.6 Å². The average Bonchev–Trinajstić information content (AvgIpc) is 3.14. The lowest BCUT2D eigenvalue weighted by Crippen LogP contribution is -2.45. The quantitative estimate of drug-likeness (QED) is 0.535. The van der Waals surface area contributed by atoms with Crippen LogP contribution in [0, 0.1) is 0 Å². The van der Waals surface area contributed by atoms with Crippen LogP contribution in [0.2, 0.25) is 5.02 Å². The van der Waals surface area contributed by atoms with Crippen molar-refractivity contribution >= 4 is 34.1 Å². The number of aromatic nitrogens is 4. The zero-order chi connectivity index (χ0) is 18.4. The molecule has 4 aromatic rings. The van der Waals surface area contributed by atoms with Crippen LogP contribution in [-0.2, 0) is 0 Å². The molecule has 0 saturated carbocycles. The van der Waals surface area contributed by atoms with E-state index in [-0.39, 0.29) is 0 Å². The van der Waals surface area contributed by atoms with Gasteiger partial charge in [-0.05, 0) is 43.4 Å². The summed E-state index contributed by atoms with van der Waals surface area (Å²) < 4.78 is 2.11. The predicted molar refractivity (Wildman–Crippen MR) is 108 cm³/mol. The van der Waals surface area contributed by atoms with E-state index >= 15 is 0 Å². The van der Waals surface area contributed by atoms with Crippen LogP contribution in [0.4, 0.5) is 5.82 Å². The Morgan fingerprint density at radius 3 is 2.41 bits per heavy atom. The first kappa shape index (κ1) is 16.5. The fourth-order valence-corrected chi connectivity index (χ4v) is 3.71. The summed E-state index contributed by atoms with van der Waals surface area (Å²) in [6.45, 7) is 3.89. The number of nitrogens with zero attached hydrogens (tertiary/aromatic N) is 6. The summed E-state index contributed by atoms with van der Waals surface area (Å²) >= 11 is 6.06. The summed E-state index contributed by atoms with van der Waals surface area (Å²) in [5, 5.41) is 9.74. The lowest BCUT2D eigenvalue weighted by atomic mass is 10.2. The van der Waals surface area contributed by atoms with Crippen LogP contribution < -0.4 is 4.90 Å². The van der Waals surface area contributed by atoms with Gasteiger partial charge in [-0.15, -0.1) is 10.2 Å². The Hall–Kier alpha value is -2.70. The second-order valence-electron chi connectivity index (χ2n) is 6.90. The molecule has 7 heteroatoms. The normalized spacial score (nSPS) is 15.7. The van der Waals surface area contributed by atoms with Crippen LogP contribution in [0.25, 0.3) is 28.1 Å². The minimum Gasteiger partial charge on any atom is -0.351 e. The van der Waals surface area contributed by atoms with E-state index in [2.05, 4.69) is 37.5 Å². The molecular weight excluding hydrogens is 360 g/mol. The van der Waals surface area contributed by atoms with Crippen molar-refractivity contribution in [3.05, 3.63) is 53.6 Å². The number of benzene rings is 2. The molecule has 0 spiro atoms. The monoisotopic (exact) mass is 378 g/mol. The number of rotatable bonds is 2. The number of hydrogen-bond donors (Lipinski definition) is 0. The molecule has 0 amide bonds. The largest absolute Gasteiger partial charge is 0.351 e. The van der Waals surface area contributed by atoms with Gasteiger partial charge in [0.05, 0.1) is 11.0 Å². The van der Waals surface area contributed by atoms with E-state index in [0.29, 0.717) is 5.02 Å². The van der Waals surface area contributed by atoms with Gasteiger partial charge in [-0.3, -0.25) is 4.40 Å². The molecule has 0 aliphatic carbocycles. The molecule has 3 heterocycles. The highest BCUT2D eigenvalue weighted by molar-refractivity contribution is 6.30. The van der Waals surface area contributed by atoms with Gasteiger partial charge in [0.1, 0.15) is 0 Å². The maximum absolute atomic E-state index is 6.06. The molecule has 0 atom stereocenters. The molecule has 0 radical (unpaired) electrons. The molecule has 5 rings (SSSR count). The maximum Gasteiger partial charge on any atom is 0.204 e. The Morgan fingerprint density at radius 2 is 1.63 bits per heavy atom.